The molecule has 1 aliphatic rings. The first-order valence-corrected chi connectivity index (χ1v) is 6.93. The Labute approximate surface area is 114 Å². The Balaban J connectivity index is 1.85. The molecular formula is C13H16BrFN2O. The predicted octanol–water partition coefficient (Wildman–Crippen LogP) is 2.46. The summed E-state index contributed by atoms with van der Waals surface area (Å²) in [5.41, 5.74) is 0.342. The Hall–Kier alpha value is -0.940. The summed E-state index contributed by atoms with van der Waals surface area (Å²) in [6.07, 6.45) is 3.28. The van der Waals surface area contributed by atoms with E-state index in [1.54, 1.807) is 6.07 Å². The van der Waals surface area contributed by atoms with Gasteiger partial charge in [-0.3, -0.25) is 4.79 Å². The van der Waals surface area contributed by atoms with E-state index in [0.717, 1.165) is 13.0 Å². The Morgan fingerprint density at radius 2 is 2.39 bits per heavy atom. The second-order valence-corrected chi connectivity index (χ2v) is 5.23. The van der Waals surface area contributed by atoms with Gasteiger partial charge in [-0.15, -0.1) is 0 Å². The summed E-state index contributed by atoms with van der Waals surface area (Å²) in [7, 11) is 0. The van der Waals surface area contributed by atoms with Gasteiger partial charge in [-0.2, -0.15) is 0 Å². The molecule has 1 aliphatic heterocycles. The Kier molecular flexibility index (Phi) is 4.72. The van der Waals surface area contributed by atoms with Gasteiger partial charge in [0.25, 0.3) is 5.91 Å². The second kappa shape index (κ2) is 6.29. The molecule has 0 unspecified atom stereocenters. The number of halogens is 2. The zero-order chi connectivity index (χ0) is 13.0. The van der Waals surface area contributed by atoms with E-state index in [1.165, 1.54) is 25.0 Å². The lowest BCUT2D eigenvalue weighted by atomic mass is 10.1. The van der Waals surface area contributed by atoms with Crippen LogP contribution in [-0.4, -0.2) is 25.0 Å². The Bertz CT molecular complexity index is 433. The number of hydrogen-bond donors (Lipinski definition) is 2. The van der Waals surface area contributed by atoms with Gasteiger partial charge in [-0.05, 0) is 53.9 Å². The van der Waals surface area contributed by atoms with Crippen molar-refractivity contribution in [3.05, 3.63) is 34.1 Å². The minimum absolute atomic E-state index is 0.224. The highest BCUT2D eigenvalue weighted by Crippen LogP contribution is 2.20. The molecule has 1 amide bonds. The van der Waals surface area contributed by atoms with E-state index in [0.29, 0.717) is 18.2 Å². The number of rotatable bonds is 4. The quantitative estimate of drug-likeness (QED) is 0.896. The number of benzene rings is 1. The topological polar surface area (TPSA) is 41.1 Å². The van der Waals surface area contributed by atoms with Crippen molar-refractivity contribution in [3.8, 4) is 0 Å². The van der Waals surface area contributed by atoms with E-state index in [4.69, 9.17) is 0 Å². The first kappa shape index (κ1) is 13.5. The number of amides is 1. The van der Waals surface area contributed by atoms with Crippen LogP contribution in [0.2, 0.25) is 0 Å². The average molecular weight is 315 g/mol. The lowest BCUT2D eigenvalue weighted by molar-refractivity contribution is 0.0951. The number of carbonyl (C=O) groups is 1. The van der Waals surface area contributed by atoms with E-state index in [1.807, 2.05) is 0 Å². The molecule has 0 bridgehead atoms. The molecule has 98 valence electrons. The van der Waals surface area contributed by atoms with Gasteiger partial charge in [0.1, 0.15) is 5.82 Å². The highest BCUT2D eigenvalue weighted by atomic mass is 79.9. The molecule has 1 aromatic rings. The van der Waals surface area contributed by atoms with Crippen molar-refractivity contribution >= 4 is 21.8 Å². The van der Waals surface area contributed by atoms with E-state index in [2.05, 4.69) is 26.6 Å². The van der Waals surface area contributed by atoms with Crippen LogP contribution in [0.4, 0.5) is 4.39 Å². The standard InChI is InChI=1S/C13H16BrFN2O/c14-12-10(4-1-5-11(12)15)13(18)17-8-6-9-3-2-7-16-9/h1,4-5,9,16H,2-3,6-8H2,(H,17,18)/t9-/m0/s1. The van der Waals surface area contributed by atoms with Crippen LogP contribution in [0, 0.1) is 5.82 Å². The molecule has 3 nitrogen and oxygen atoms in total. The highest BCUT2D eigenvalue weighted by molar-refractivity contribution is 9.10. The summed E-state index contributed by atoms with van der Waals surface area (Å²) >= 11 is 3.09. The van der Waals surface area contributed by atoms with E-state index >= 15 is 0 Å². The van der Waals surface area contributed by atoms with Crippen LogP contribution in [0.15, 0.2) is 22.7 Å². The van der Waals surface area contributed by atoms with Gasteiger partial charge in [0.2, 0.25) is 0 Å². The van der Waals surface area contributed by atoms with Crippen molar-refractivity contribution < 1.29 is 9.18 Å². The van der Waals surface area contributed by atoms with Crippen LogP contribution in [0.3, 0.4) is 0 Å². The van der Waals surface area contributed by atoms with Gasteiger partial charge in [-0.25, -0.2) is 4.39 Å². The number of hydrogen-bond acceptors (Lipinski definition) is 2. The van der Waals surface area contributed by atoms with E-state index in [9.17, 15) is 9.18 Å². The fourth-order valence-corrected chi connectivity index (χ4v) is 2.58. The monoisotopic (exact) mass is 314 g/mol. The van der Waals surface area contributed by atoms with Crippen LogP contribution in [-0.2, 0) is 0 Å². The SMILES string of the molecule is O=C(NCC[C@@H]1CCCN1)c1cccc(F)c1Br. The molecule has 0 radical (unpaired) electrons. The summed E-state index contributed by atoms with van der Waals surface area (Å²) in [4.78, 5) is 11.9. The normalized spacial score (nSPS) is 18.9. The first-order valence-electron chi connectivity index (χ1n) is 6.14. The van der Waals surface area contributed by atoms with Crippen molar-refractivity contribution in [1.82, 2.24) is 10.6 Å². The molecule has 2 N–H and O–H groups in total. The molecule has 0 aromatic heterocycles. The molecular weight excluding hydrogens is 299 g/mol. The highest BCUT2D eigenvalue weighted by Gasteiger charge is 2.15. The molecule has 1 heterocycles. The van der Waals surface area contributed by atoms with Gasteiger partial charge >= 0.3 is 0 Å². The number of carbonyl (C=O) groups excluding carboxylic acids is 1. The molecule has 1 atom stereocenters. The van der Waals surface area contributed by atoms with Gasteiger partial charge in [0, 0.05) is 12.6 Å². The molecule has 1 saturated heterocycles. The smallest absolute Gasteiger partial charge is 0.252 e. The van der Waals surface area contributed by atoms with Crippen LogP contribution in [0.1, 0.15) is 29.6 Å². The number of nitrogens with one attached hydrogen (secondary N) is 2. The van der Waals surface area contributed by atoms with Crippen molar-refractivity contribution in [2.45, 2.75) is 25.3 Å². The van der Waals surface area contributed by atoms with Gasteiger partial charge < -0.3 is 10.6 Å². The van der Waals surface area contributed by atoms with E-state index < -0.39 is 5.82 Å². The maximum atomic E-state index is 13.3. The van der Waals surface area contributed by atoms with Crippen LogP contribution < -0.4 is 10.6 Å². The average Bonchev–Trinajstić information content (AvgIpc) is 2.85. The minimum atomic E-state index is -0.417. The van der Waals surface area contributed by atoms with Gasteiger partial charge in [0.05, 0.1) is 10.0 Å². The van der Waals surface area contributed by atoms with Crippen LogP contribution >= 0.6 is 15.9 Å². The largest absolute Gasteiger partial charge is 0.352 e. The summed E-state index contributed by atoms with van der Waals surface area (Å²) in [6.45, 7) is 1.67. The minimum Gasteiger partial charge on any atom is -0.352 e. The van der Waals surface area contributed by atoms with Crippen molar-refractivity contribution in [2.24, 2.45) is 0 Å². The zero-order valence-electron chi connectivity index (χ0n) is 10.0. The zero-order valence-corrected chi connectivity index (χ0v) is 11.6. The molecule has 1 aromatic carbocycles. The predicted molar refractivity (Wildman–Crippen MR) is 72.1 cm³/mol. The third-order valence-corrected chi connectivity index (χ3v) is 3.94. The van der Waals surface area contributed by atoms with Crippen molar-refractivity contribution in [3.63, 3.8) is 0 Å². The third-order valence-electron chi connectivity index (χ3n) is 3.14. The molecule has 0 spiro atoms. The Morgan fingerprint density at radius 3 is 3.11 bits per heavy atom. The van der Waals surface area contributed by atoms with Crippen LogP contribution in [0.25, 0.3) is 0 Å². The molecule has 0 saturated carbocycles. The van der Waals surface area contributed by atoms with Crippen molar-refractivity contribution in [1.29, 1.82) is 0 Å². The van der Waals surface area contributed by atoms with Crippen LogP contribution in [0.5, 0.6) is 0 Å². The molecule has 5 heteroatoms. The molecule has 1 fully saturated rings. The van der Waals surface area contributed by atoms with Crippen molar-refractivity contribution in [2.75, 3.05) is 13.1 Å². The fourth-order valence-electron chi connectivity index (χ4n) is 2.14. The lowest BCUT2D eigenvalue weighted by Gasteiger charge is -2.11. The van der Waals surface area contributed by atoms with Gasteiger partial charge in [0.15, 0.2) is 0 Å². The molecule has 2 rings (SSSR count). The fraction of sp³-hybridized carbons (Fsp3) is 0.462. The maximum Gasteiger partial charge on any atom is 0.252 e. The second-order valence-electron chi connectivity index (χ2n) is 4.44. The molecule has 18 heavy (non-hydrogen) atoms. The summed E-state index contributed by atoms with van der Waals surface area (Å²) in [5, 5.41) is 6.19. The molecule has 0 aliphatic carbocycles. The van der Waals surface area contributed by atoms with Gasteiger partial charge in [-0.1, -0.05) is 6.07 Å². The first-order chi connectivity index (χ1) is 8.68. The Morgan fingerprint density at radius 1 is 1.56 bits per heavy atom. The summed E-state index contributed by atoms with van der Waals surface area (Å²) in [5.74, 6) is -0.653. The van der Waals surface area contributed by atoms with E-state index in [-0.39, 0.29) is 10.4 Å². The third kappa shape index (κ3) is 3.29. The summed E-state index contributed by atoms with van der Waals surface area (Å²) < 4.78 is 13.5. The summed E-state index contributed by atoms with van der Waals surface area (Å²) in [6, 6.07) is 4.97. The maximum absolute atomic E-state index is 13.3. The lowest BCUT2D eigenvalue weighted by Crippen LogP contribution is -2.30.